The maximum absolute atomic E-state index is 11.9. The van der Waals surface area contributed by atoms with Crippen LogP contribution in [0, 0.1) is 11.3 Å². The molecular formula is C17H16ClN3O. The molecule has 0 spiro atoms. The Balaban J connectivity index is 1.82. The molecule has 1 N–H and O–H groups in total. The fourth-order valence-corrected chi connectivity index (χ4v) is 2.18. The van der Waals surface area contributed by atoms with Crippen molar-refractivity contribution in [1.29, 1.82) is 5.26 Å². The maximum atomic E-state index is 11.9. The van der Waals surface area contributed by atoms with Crippen LogP contribution < -0.4 is 5.32 Å². The van der Waals surface area contributed by atoms with Crippen molar-refractivity contribution in [2.75, 3.05) is 0 Å². The van der Waals surface area contributed by atoms with Crippen molar-refractivity contribution in [3.63, 3.8) is 0 Å². The summed E-state index contributed by atoms with van der Waals surface area (Å²) in [5.41, 5.74) is 1.69. The predicted molar refractivity (Wildman–Crippen MR) is 85.1 cm³/mol. The van der Waals surface area contributed by atoms with E-state index in [2.05, 4.69) is 16.4 Å². The van der Waals surface area contributed by atoms with Gasteiger partial charge in [0.05, 0.1) is 6.07 Å². The van der Waals surface area contributed by atoms with Crippen LogP contribution in [0.25, 0.3) is 0 Å². The van der Waals surface area contributed by atoms with Gasteiger partial charge in [0.15, 0.2) is 0 Å². The number of nitriles is 1. The molecule has 5 heteroatoms. The number of amides is 1. The van der Waals surface area contributed by atoms with E-state index in [-0.39, 0.29) is 5.91 Å². The third-order valence-electron chi connectivity index (χ3n) is 3.20. The summed E-state index contributed by atoms with van der Waals surface area (Å²) in [7, 11) is 0. The van der Waals surface area contributed by atoms with Crippen LogP contribution in [0.3, 0.4) is 0 Å². The lowest BCUT2D eigenvalue weighted by atomic mass is 10.1. The molecule has 4 nitrogen and oxygen atoms in total. The molecular weight excluding hydrogens is 298 g/mol. The first-order valence-electron chi connectivity index (χ1n) is 7.03. The number of nitrogens with one attached hydrogen (secondary N) is 1. The summed E-state index contributed by atoms with van der Waals surface area (Å²) in [5.74, 6) is -0.141. The van der Waals surface area contributed by atoms with Gasteiger partial charge in [-0.2, -0.15) is 5.26 Å². The van der Waals surface area contributed by atoms with Crippen LogP contribution in [0.5, 0.6) is 0 Å². The van der Waals surface area contributed by atoms with Gasteiger partial charge in [0.25, 0.3) is 0 Å². The van der Waals surface area contributed by atoms with Crippen molar-refractivity contribution in [2.24, 2.45) is 0 Å². The average molecular weight is 314 g/mol. The van der Waals surface area contributed by atoms with Crippen molar-refractivity contribution < 1.29 is 4.79 Å². The largest absolute Gasteiger partial charge is 0.337 e. The third-order valence-corrected chi connectivity index (χ3v) is 3.45. The van der Waals surface area contributed by atoms with Crippen LogP contribution in [-0.2, 0) is 11.2 Å². The second-order valence-electron chi connectivity index (χ2n) is 4.86. The first-order chi connectivity index (χ1) is 10.7. The number of nitrogens with zero attached hydrogens (tertiary/aromatic N) is 2. The standard InChI is InChI=1S/C17H16ClN3O/c18-14-9-7-13(8-10-14)16(12-19)21-17(22)6-3-5-15-4-1-2-11-20-15/h1-2,4,7-11,16H,3,5-6H2,(H,21,22). The van der Waals surface area contributed by atoms with Gasteiger partial charge in [-0.25, -0.2) is 0 Å². The second-order valence-corrected chi connectivity index (χ2v) is 5.29. The molecule has 1 amide bonds. The Bertz CT molecular complexity index is 650. The van der Waals surface area contributed by atoms with Gasteiger partial charge in [-0.3, -0.25) is 9.78 Å². The van der Waals surface area contributed by atoms with Gasteiger partial charge >= 0.3 is 0 Å². The second kappa shape index (κ2) is 8.16. The summed E-state index contributed by atoms with van der Waals surface area (Å²) in [6, 6.07) is 14.0. The average Bonchev–Trinajstić information content (AvgIpc) is 2.54. The molecule has 0 saturated heterocycles. The fraction of sp³-hybridized carbons (Fsp3) is 0.235. The van der Waals surface area contributed by atoms with E-state index in [1.54, 1.807) is 30.5 Å². The van der Waals surface area contributed by atoms with E-state index in [9.17, 15) is 10.1 Å². The minimum Gasteiger partial charge on any atom is -0.337 e. The van der Waals surface area contributed by atoms with E-state index in [1.165, 1.54) is 0 Å². The zero-order valence-corrected chi connectivity index (χ0v) is 12.8. The molecule has 0 saturated carbocycles. The molecule has 0 aliphatic rings. The highest BCUT2D eigenvalue weighted by atomic mass is 35.5. The molecule has 1 aromatic carbocycles. The van der Waals surface area contributed by atoms with Crippen molar-refractivity contribution in [2.45, 2.75) is 25.3 Å². The lowest BCUT2D eigenvalue weighted by Gasteiger charge is -2.12. The van der Waals surface area contributed by atoms with Gasteiger partial charge in [0.2, 0.25) is 5.91 Å². The first-order valence-corrected chi connectivity index (χ1v) is 7.41. The quantitative estimate of drug-likeness (QED) is 0.888. The van der Waals surface area contributed by atoms with Gasteiger partial charge in [0.1, 0.15) is 6.04 Å². The van der Waals surface area contributed by atoms with E-state index >= 15 is 0 Å². The van der Waals surface area contributed by atoms with Crippen LogP contribution >= 0.6 is 11.6 Å². The van der Waals surface area contributed by atoms with Crippen LogP contribution in [0.15, 0.2) is 48.7 Å². The molecule has 1 heterocycles. The Morgan fingerprint density at radius 3 is 2.68 bits per heavy atom. The molecule has 112 valence electrons. The van der Waals surface area contributed by atoms with Crippen LogP contribution in [0.2, 0.25) is 5.02 Å². The van der Waals surface area contributed by atoms with E-state index in [4.69, 9.17) is 11.6 Å². The highest BCUT2D eigenvalue weighted by molar-refractivity contribution is 6.30. The third kappa shape index (κ3) is 4.87. The molecule has 22 heavy (non-hydrogen) atoms. The number of benzene rings is 1. The van der Waals surface area contributed by atoms with Crippen molar-refractivity contribution in [1.82, 2.24) is 10.3 Å². The minimum atomic E-state index is -0.653. The molecule has 0 aliphatic heterocycles. The lowest BCUT2D eigenvalue weighted by Crippen LogP contribution is -2.27. The Morgan fingerprint density at radius 2 is 2.05 bits per heavy atom. The monoisotopic (exact) mass is 313 g/mol. The van der Waals surface area contributed by atoms with Crippen LogP contribution in [0.4, 0.5) is 0 Å². The Labute approximate surface area is 134 Å². The number of aryl methyl sites for hydroxylation is 1. The summed E-state index contributed by atoms with van der Waals surface area (Å²) in [5, 5.41) is 12.5. The van der Waals surface area contributed by atoms with Gasteiger partial charge < -0.3 is 5.32 Å². The van der Waals surface area contributed by atoms with Gasteiger partial charge in [-0.15, -0.1) is 0 Å². The molecule has 0 fully saturated rings. The Hall–Kier alpha value is -2.38. The molecule has 0 aliphatic carbocycles. The molecule has 2 rings (SSSR count). The number of hydrogen-bond donors (Lipinski definition) is 1. The highest BCUT2D eigenvalue weighted by Crippen LogP contribution is 2.16. The summed E-state index contributed by atoms with van der Waals surface area (Å²) in [4.78, 5) is 16.1. The minimum absolute atomic E-state index is 0.141. The van der Waals surface area contributed by atoms with Crippen LogP contribution in [0.1, 0.15) is 30.1 Å². The zero-order valence-electron chi connectivity index (χ0n) is 12.0. The topological polar surface area (TPSA) is 65.8 Å². The van der Waals surface area contributed by atoms with Crippen molar-refractivity contribution in [3.8, 4) is 6.07 Å². The van der Waals surface area contributed by atoms with E-state index in [1.807, 2.05) is 18.2 Å². The molecule has 2 aromatic rings. The number of halogens is 1. The zero-order chi connectivity index (χ0) is 15.8. The normalized spacial score (nSPS) is 11.5. The molecule has 1 atom stereocenters. The number of rotatable bonds is 6. The number of carbonyl (C=O) groups is 1. The molecule has 0 bridgehead atoms. The summed E-state index contributed by atoms with van der Waals surface area (Å²) >= 11 is 5.82. The highest BCUT2D eigenvalue weighted by Gasteiger charge is 2.13. The first kappa shape index (κ1) is 16.0. The number of hydrogen-bond acceptors (Lipinski definition) is 3. The summed E-state index contributed by atoms with van der Waals surface area (Å²) < 4.78 is 0. The molecule has 0 radical (unpaired) electrons. The predicted octanol–water partition coefficient (Wildman–Crippen LogP) is 3.44. The van der Waals surface area contributed by atoms with Crippen molar-refractivity contribution >= 4 is 17.5 Å². The molecule has 1 unspecified atom stereocenters. The maximum Gasteiger partial charge on any atom is 0.221 e. The van der Waals surface area contributed by atoms with Crippen molar-refractivity contribution in [3.05, 3.63) is 64.9 Å². The van der Waals surface area contributed by atoms with Gasteiger partial charge in [0, 0.05) is 23.3 Å². The van der Waals surface area contributed by atoms with E-state index < -0.39 is 6.04 Å². The van der Waals surface area contributed by atoms with E-state index in [0.29, 0.717) is 17.9 Å². The Kier molecular flexibility index (Phi) is 5.93. The Morgan fingerprint density at radius 1 is 1.27 bits per heavy atom. The lowest BCUT2D eigenvalue weighted by molar-refractivity contribution is -0.121. The van der Waals surface area contributed by atoms with Crippen LogP contribution in [-0.4, -0.2) is 10.9 Å². The number of aromatic nitrogens is 1. The van der Waals surface area contributed by atoms with Gasteiger partial charge in [-0.1, -0.05) is 29.8 Å². The fourth-order valence-electron chi connectivity index (χ4n) is 2.05. The number of pyridine rings is 1. The SMILES string of the molecule is N#CC(NC(=O)CCCc1ccccn1)c1ccc(Cl)cc1. The molecule has 1 aromatic heterocycles. The number of carbonyl (C=O) groups excluding carboxylic acids is 1. The summed E-state index contributed by atoms with van der Waals surface area (Å²) in [6.45, 7) is 0. The van der Waals surface area contributed by atoms with E-state index in [0.717, 1.165) is 17.7 Å². The smallest absolute Gasteiger partial charge is 0.221 e. The summed E-state index contributed by atoms with van der Waals surface area (Å²) in [6.07, 6.45) is 3.54. The van der Waals surface area contributed by atoms with Gasteiger partial charge in [-0.05, 0) is 42.7 Å².